The van der Waals surface area contributed by atoms with Gasteiger partial charge in [0.15, 0.2) is 0 Å². The summed E-state index contributed by atoms with van der Waals surface area (Å²) in [6, 6.07) is 0. The lowest BCUT2D eigenvalue weighted by Crippen LogP contribution is -2.50. The predicted octanol–water partition coefficient (Wildman–Crippen LogP) is 0.0577. The van der Waals surface area contributed by atoms with Crippen LogP contribution in [0, 0.1) is 0 Å². The molecule has 3 heterocycles. The molecule has 3 rings (SSSR count). The Bertz CT molecular complexity index is 511. The molecule has 1 saturated heterocycles. The predicted molar refractivity (Wildman–Crippen MR) is 87.3 cm³/mol. The third-order valence-corrected chi connectivity index (χ3v) is 4.71. The molecular weight excluding hydrogens is 278 g/mol. The lowest BCUT2D eigenvalue weighted by Gasteiger charge is -2.40. The number of likely N-dealkylation sites (N-methyl/N-ethyl adjacent to an activating group) is 1. The van der Waals surface area contributed by atoms with Crippen LogP contribution in [0.3, 0.4) is 0 Å². The van der Waals surface area contributed by atoms with Crippen molar-refractivity contribution in [1.29, 1.82) is 0 Å². The molecule has 1 aromatic heterocycles. The average Bonchev–Trinajstić information content (AvgIpc) is 2.72. The molecule has 0 saturated carbocycles. The first-order valence-electron chi connectivity index (χ1n) is 8.23. The van der Waals surface area contributed by atoms with Gasteiger partial charge in [0.2, 0.25) is 0 Å². The van der Waals surface area contributed by atoms with Crippen molar-refractivity contribution in [2.24, 2.45) is 0 Å². The zero-order valence-electron chi connectivity index (χ0n) is 13.7. The summed E-state index contributed by atoms with van der Waals surface area (Å²) >= 11 is 0. The standard InChI is InChI=1S/C16H27N5O/c1-20(2)11-16(22)5-9-21(10-6-16)15-13-3-7-17-8-4-14(13)18-12-19-15/h12,17,22H,3-11H2,1-2H3. The van der Waals surface area contributed by atoms with Crippen LogP contribution in [-0.2, 0) is 12.8 Å². The number of aliphatic hydroxyl groups is 1. The van der Waals surface area contributed by atoms with Gasteiger partial charge in [-0.2, -0.15) is 0 Å². The van der Waals surface area contributed by atoms with E-state index in [1.807, 2.05) is 14.1 Å². The molecule has 22 heavy (non-hydrogen) atoms. The molecule has 2 N–H and O–H groups in total. The van der Waals surface area contributed by atoms with Crippen LogP contribution >= 0.6 is 0 Å². The number of piperidine rings is 1. The molecule has 1 fully saturated rings. The Kier molecular flexibility index (Phi) is 4.61. The van der Waals surface area contributed by atoms with E-state index in [-0.39, 0.29) is 0 Å². The second-order valence-electron chi connectivity index (χ2n) is 6.82. The third kappa shape index (κ3) is 3.39. The Morgan fingerprint density at radius 3 is 2.68 bits per heavy atom. The Balaban J connectivity index is 1.74. The maximum atomic E-state index is 10.7. The SMILES string of the molecule is CN(C)CC1(O)CCN(c2ncnc3c2CCNCC3)CC1. The molecule has 0 bridgehead atoms. The van der Waals surface area contributed by atoms with Crippen molar-refractivity contribution in [1.82, 2.24) is 20.2 Å². The highest BCUT2D eigenvalue weighted by Crippen LogP contribution is 2.29. The molecule has 2 aliphatic rings. The Labute approximate surface area is 132 Å². The molecule has 122 valence electrons. The summed E-state index contributed by atoms with van der Waals surface area (Å²) in [5.74, 6) is 1.08. The van der Waals surface area contributed by atoms with Gasteiger partial charge in [-0.3, -0.25) is 0 Å². The van der Waals surface area contributed by atoms with E-state index in [1.165, 1.54) is 11.3 Å². The third-order valence-electron chi connectivity index (χ3n) is 4.71. The fourth-order valence-electron chi connectivity index (χ4n) is 3.61. The first-order chi connectivity index (χ1) is 10.6. The molecule has 0 aliphatic carbocycles. The number of anilines is 1. The van der Waals surface area contributed by atoms with Crippen LogP contribution in [0.25, 0.3) is 0 Å². The first-order valence-corrected chi connectivity index (χ1v) is 8.23. The Hall–Kier alpha value is -1.24. The highest BCUT2D eigenvalue weighted by molar-refractivity contribution is 5.49. The van der Waals surface area contributed by atoms with Crippen LogP contribution in [0.15, 0.2) is 6.33 Å². The molecule has 0 radical (unpaired) electrons. The monoisotopic (exact) mass is 305 g/mol. The van der Waals surface area contributed by atoms with Gasteiger partial charge in [-0.15, -0.1) is 0 Å². The summed E-state index contributed by atoms with van der Waals surface area (Å²) in [4.78, 5) is 13.4. The first kappa shape index (κ1) is 15.6. The van der Waals surface area contributed by atoms with Crippen molar-refractivity contribution < 1.29 is 5.11 Å². The number of fused-ring (bicyclic) bond motifs is 1. The van der Waals surface area contributed by atoms with Crippen LogP contribution in [0.1, 0.15) is 24.1 Å². The van der Waals surface area contributed by atoms with Crippen LogP contribution < -0.4 is 10.2 Å². The number of aromatic nitrogens is 2. The normalized spacial score (nSPS) is 21.5. The highest BCUT2D eigenvalue weighted by Gasteiger charge is 2.34. The van der Waals surface area contributed by atoms with Crippen molar-refractivity contribution in [2.45, 2.75) is 31.3 Å². The van der Waals surface area contributed by atoms with E-state index in [9.17, 15) is 5.11 Å². The zero-order valence-corrected chi connectivity index (χ0v) is 13.7. The van der Waals surface area contributed by atoms with Gasteiger partial charge in [0.25, 0.3) is 0 Å². The van der Waals surface area contributed by atoms with E-state index in [2.05, 4.69) is 25.1 Å². The summed E-state index contributed by atoms with van der Waals surface area (Å²) in [6.45, 7) is 4.44. The van der Waals surface area contributed by atoms with Crippen molar-refractivity contribution in [3.63, 3.8) is 0 Å². The highest BCUT2D eigenvalue weighted by atomic mass is 16.3. The minimum absolute atomic E-state index is 0.564. The molecule has 0 atom stereocenters. The molecule has 6 heteroatoms. The van der Waals surface area contributed by atoms with Crippen LogP contribution in [0.4, 0.5) is 5.82 Å². The van der Waals surface area contributed by atoms with Crippen molar-refractivity contribution in [3.05, 3.63) is 17.6 Å². The van der Waals surface area contributed by atoms with Gasteiger partial charge in [-0.1, -0.05) is 0 Å². The quantitative estimate of drug-likeness (QED) is 0.823. The van der Waals surface area contributed by atoms with Crippen molar-refractivity contribution in [2.75, 3.05) is 51.7 Å². The molecule has 0 aromatic carbocycles. The molecule has 2 aliphatic heterocycles. The van der Waals surface area contributed by atoms with E-state index in [4.69, 9.17) is 0 Å². The number of nitrogens with one attached hydrogen (secondary N) is 1. The van der Waals surface area contributed by atoms with E-state index in [0.717, 1.165) is 64.2 Å². The second kappa shape index (κ2) is 6.48. The minimum Gasteiger partial charge on any atom is -0.388 e. The van der Waals surface area contributed by atoms with Crippen LogP contribution in [0.2, 0.25) is 0 Å². The van der Waals surface area contributed by atoms with E-state index in [1.54, 1.807) is 6.33 Å². The van der Waals surface area contributed by atoms with Crippen LogP contribution in [0.5, 0.6) is 0 Å². The van der Waals surface area contributed by atoms with E-state index < -0.39 is 5.60 Å². The average molecular weight is 305 g/mol. The van der Waals surface area contributed by atoms with Crippen molar-refractivity contribution in [3.8, 4) is 0 Å². The second-order valence-corrected chi connectivity index (χ2v) is 6.82. The van der Waals surface area contributed by atoms with Gasteiger partial charge in [-0.25, -0.2) is 9.97 Å². The lowest BCUT2D eigenvalue weighted by molar-refractivity contribution is -0.00550. The molecule has 0 spiro atoms. The Morgan fingerprint density at radius 1 is 1.23 bits per heavy atom. The van der Waals surface area contributed by atoms with Crippen molar-refractivity contribution >= 4 is 5.82 Å². The van der Waals surface area contributed by atoms with E-state index >= 15 is 0 Å². The van der Waals surface area contributed by atoms with Gasteiger partial charge < -0.3 is 20.2 Å². The summed E-state index contributed by atoms with van der Waals surface area (Å²) in [5.41, 5.74) is 1.92. The maximum Gasteiger partial charge on any atom is 0.135 e. The number of hydrogen-bond acceptors (Lipinski definition) is 6. The number of hydrogen-bond donors (Lipinski definition) is 2. The summed E-state index contributed by atoms with van der Waals surface area (Å²) < 4.78 is 0. The summed E-state index contributed by atoms with van der Waals surface area (Å²) in [5, 5.41) is 14.1. The van der Waals surface area contributed by atoms with Gasteiger partial charge >= 0.3 is 0 Å². The fraction of sp³-hybridized carbons (Fsp3) is 0.750. The molecular formula is C16H27N5O. The van der Waals surface area contributed by atoms with E-state index in [0.29, 0.717) is 0 Å². The van der Waals surface area contributed by atoms with Gasteiger partial charge in [0.1, 0.15) is 12.1 Å². The zero-order chi connectivity index (χ0) is 15.6. The van der Waals surface area contributed by atoms with Crippen LogP contribution in [-0.4, -0.2) is 72.4 Å². The summed E-state index contributed by atoms with van der Waals surface area (Å²) in [6.07, 6.45) is 5.25. The molecule has 0 unspecified atom stereocenters. The number of nitrogens with zero attached hydrogens (tertiary/aromatic N) is 4. The molecule has 1 aromatic rings. The minimum atomic E-state index is -0.564. The lowest BCUT2D eigenvalue weighted by atomic mass is 9.90. The van der Waals surface area contributed by atoms with Gasteiger partial charge in [0, 0.05) is 38.2 Å². The largest absolute Gasteiger partial charge is 0.388 e. The van der Waals surface area contributed by atoms with Gasteiger partial charge in [-0.05, 0) is 39.9 Å². The Morgan fingerprint density at radius 2 is 1.95 bits per heavy atom. The maximum absolute atomic E-state index is 10.7. The molecule has 0 amide bonds. The fourth-order valence-corrected chi connectivity index (χ4v) is 3.61. The van der Waals surface area contributed by atoms with Gasteiger partial charge in [0.05, 0.1) is 11.3 Å². The number of rotatable bonds is 3. The molecule has 6 nitrogen and oxygen atoms in total. The summed E-state index contributed by atoms with van der Waals surface area (Å²) in [7, 11) is 4.03. The topological polar surface area (TPSA) is 64.5 Å². The smallest absolute Gasteiger partial charge is 0.135 e.